The van der Waals surface area contributed by atoms with Crippen LogP contribution in [0.25, 0.3) is 0 Å². The fourth-order valence-electron chi connectivity index (χ4n) is 1.83. The second kappa shape index (κ2) is 15.3. The maximum absolute atomic E-state index is 5.99. The number of rotatable bonds is 8. The Morgan fingerprint density at radius 2 is 2.05 bits per heavy atom. The van der Waals surface area contributed by atoms with E-state index in [1.807, 2.05) is 0 Å². The van der Waals surface area contributed by atoms with Crippen LogP contribution >= 0.6 is 0 Å². The Labute approximate surface area is 148 Å². The summed E-state index contributed by atoms with van der Waals surface area (Å²) in [6.45, 7) is 7.93. The van der Waals surface area contributed by atoms with Crippen molar-refractivity contribution < 1.29 is 51.3 Å². The molecule has 0 amide bonds. The molecule has 1 rings (SSSR count). The molecule has 0 bridgehead atoms. The Bertz CT molecular complexity index is 258. The average molecular weight is 356 g/mol. The molecule has 1 unspecified atom stereocenters. The molecule has 0 aromatic rings. The van der Waals surface area contributed by atoms with E-state index in [0.717, 1.165) is 13.0 Å². The van der Waals surface area contributed by atoms with Crippen molar-refractivity contribution in [3.8, 4) is 0 Å². The standard InChI is InChI=1S/C14H25OSi.2ClH.Ti/c1-4-5-11-15-14(10-12-16(2)3)13-8-6-7-9-13;;;/h6,8,14,16H,4-5,7,10-12H2,1-3H3;2*1H;/q-1;;;+3/p-2. The van der Waals surface area contributed by atoms with Crippen LogP contribution in [-0.2, 0) is 26.5 Å². The predicted molar refractivity (Wildman–Crippen MR) is 73.5 cm³/mol. The molecule has 1 radical (unpaired) electrons. The third-order valence-corrected chi connectivity index (χ3v) is 4.38. The largest absolute Gasteiger partial charge is 3.00 e. The molecule has 1 aliphatic rings. The first kappa shape index (κ1) is 24.9. The monoisotopic (exact) mass is 355 g/mol. The molecular weight excluding hydrogens is 331 g/mol. The molecule has 0 N–H and O–H groups in total. The molecule has 5 heteroatoms. The Hall–Kier alpha value is 0.951. The average Bonchev–Trinajstić information content (AvgIpc) is 2.76. The SMILES string of the molecule is CCCCOC(CC[SiH](C)C)C1=[C-]CC=C1.[Cl-].[Cl-].[Ti+3]. The summed E-state index contributed by atoms with van der Waals surface area (Å²) >= 11 is 0. The van der Waals surface area contributed by atoms with Crippen molar-refractivity contribution >= 4 is 8.80 Å². The summed E-state index contributed by atoms with van der Waals surface area (Å²) in [5.74, 6) is 0. The minimum atomic E-state index is -0.456. The molecule has 1 aliphatic carbocycles. The molecular formula is C14H25Cl2OSiTi. The first-order valence-corrected chi connectivity index (χ1v) is 9.75. The first-order chi connectivity index (χ1) is 7.74. The van der Waals surface area contributed by atoms with E-state index in [-0.39, 0.29) is 46.5 Å². The summed E-state index contributed by atoms with van der Waals surface area (Å²) in [6, 6.07) is 1.37. The maximum atomic E-state index is 5.99. The zero-order valence-electron chi connectivity index (χ0n) is 12.2. The van der Waals surface area contributed by atoms with Crippen LogP contribution in [0, 0.1) is 6.08 Å². The van der Waals surface area contributed by atoms with Crippen molar-refractivity contribution in [1.82, 2.24) is 0 Å². The number of unbranched alkanes of at least 4 members (excludes halogenated alkanes) is 1. The zero-order chi connectivity index (χ0) is 11.8. The molecule has 0 fully saturated rings. The normalized spacial score (nSPS) is 14.2. The van der Waals surface area contributed by atoms with Gasteiger partial charge in [-0.15, -0.1) is 6.42 Å². The molecule has 19 heavy (non-hydrogen) atoms. The van der Waals surface area contributed by atoms with Crippen LogP contribution in [0.15, 0.2) is 17.7 Å². The Balaban J connectivity index is -0.000000853. The van der Waals surface area contributed by atoms with Gasteiger partial charge < -0.3 is 29.6 Å². The smallest absolute Gasteiger partial charge is 1.00 e. The summed E-state index contributed by atoms with van der Waals surface area (Å²) in [5, 5.41) is 0. The fourth-order valence-corrected chi connectivity index (χ4v) is 2.80. The number of halogens is 2. The van der Waals surface area contributed by atoms with Gasteiger partial charge in [0.2, 0.25) is 0 Å². The molecule has 0 aliphatic heterocycles. The summed E-state index contributed by atoms with van der Waals surface area (Å²) in [5.41, 5.74) is 1.30. The molecule has 0 aromatic carbocycles. The Kier molecular flexibility index (Phi) is 20.1. The molecule has 1 atom stereocenters. The van der Waals surface area contributed by atoms with Crippen LogP contribution in [0.2, 0.25) is 19.1 Å². The van der Waals surface area contributed by atoms with Gasteiger partial charge in [0.1, 0.15) is 0 Å². The van der Waals surface area contributed by atoms with Gasteiger partial charge in [0.15, 0.2) is 0 Å². The fraction of sp³-hybridized carbons (Fsp3) is 0.714. The summed E-state index contributed by atoms with van der Waals surface area (Å²) in [7, 11) is -0.456. The Morgan fingerprint density at radius 3 is 2.53 bits per heavy atom. The van der Waals surface area contributed by atoms with Crippen molar-refractivity contribution in [2.75, 3.05) is 6.61 Å². The van der Waals surface area contributed by atoms with Crippen molar-refractivity contribution in [1.29, 1.82) is 0 Å². The van der Waals surface area contributed by atoms with Crippen molar-refractivity contribution in [3.63, 3.8) is 0 Å². The molecule has 109 valence electrons. The van der Waals surface area contributed by atoms with Crippen LogP contribution in [0.3, 0.4) is 0 Å². The first-order valence-electron chi connectivity index (χ1n) is 6.63. The van der Waals surface area contributed by atoms with Crippen LogP contribution in [-0.4, -0.2) is 21.5 Å². The maximum Gasteiger partial charge on any atom is 3.00 e. The van der Waals surface area contributed by atoms with Crippen LogP contribution < -0.4 is 24.8 Å². The number of hydrogen-bond acceptors (Lipinski definition) is 1. The van der Waals surface area contributed by atoms with Crippen molar-refractivity contribution in [3.05, 3.63) is 23.8 Å². The molecule has 0 spiro atoms. The van der Waals surface area contributed by atoms with Gasteiger partial charge in [0.05, 0.1) is 0 Å². The van der Waals surface area contributed by atoms with Crippen molar-refractivity contribution in [2.24, 2.45) is 0 Å². The van der Waals surface area contributed by atoms with Gasteiger partial charge in [0.25, 0.3) is 0 Å². The Morgan fingerprint density at radius 1 is 1.37 bits per heavy atom. The van der Waals surface area contributed by atoms with Gasteiger partial charge in [-0.3, -0.25) is 6.08 Å². The van der Waals surface area contributed by atoms with Gasteiger partial charge in [-0.1, -0.05) is 32.5 Å². The third kappa shape index (κ3) is 11.3. The second-order valence-electron chi connectivity index (χ2n) is 4.92. The third-order valence-electron chi connectivity index (χ3n) is 2.89. The minimum absolute atomic E-state index is 0. The van der Waals surface area contributed by atoms with E-state index < -0.39 is 8.80 Å². The van der Waals surface area contributed by atoms with E-state index in [1.165, 1.54) is 30.9 Å². The van der Waals surface area contributed by atoms with E-state index in [0.29, 0.717) is 6.10 Å². The zero-order valence-corrected chi connectivity index (χ0v) is 16.4. The van der Waals surface area contributed by atoms with Gasteiger partial charge in [-0.2, -0.15) is 11.6 Å². The topological polar surface area (TPSA) is 9.23 Å². The summed E-state index contributed by atoms with van der Waals surface area (Å²) < 4.78 is 5.99. The van der Waals surface area contributed by atoms with Gasteiger partial charge in [-0.25, -0.2) is 6.08 Å². The van der Waals surface area contributed by atoms with Gasteiger partial charge >= 0.3 is 21.7 Å². The molecule has 1 nitrogen and oxygen atoms in total. The number of ether oxygens (including phenoxy) is 1. The van der Waals surface area contributed by atoms with Crippen LogP contribution in [0.5, 0.6) is 0 Å². The molecule has 0 heterocycles. The summed E-state index contributed by atoms with van der Waals surface area (Å²) in [4.78, 5) is 0. The number of hydrogen-bond donors (Lipinski definition) is 0. The van der Waals surface area contributed by atoms with Crippen molar-refractivity contribution in [2.45, 2.75) is 57.8 Å². The second-order valence-corrected chi connectivity index (χ2v) is 8.29. The quantitative estimate of drug-likeness (QED) is 0.271. The van der Waals surface area contributed by atoms with Gasteiger partial charge in [0, 0.05) is 21.5 Å². The van der Waals surface area contributed by atoms with E-state index in [2.05, 4.69) is 38.2 Å². The molecule has 0 aromatic heterocycles. The van der Waals surface area contributed by atoms with Crippen LogP contribution in [0.4, 0.5) is 0 Å². The van der Waals surface area contributed by atoms with Crippen LogP contribution in [0.1, 0.15) is 32.6 Å². The summed E-state index contributed by atoms with van der Waals surface area (Å²) in [6.07, 6.45) is 12.6. The van der Waals surface area contributed by atoms with E-state index >= 15 is 0 Å². The van der Waals surface area contributed by atoms with E-state index in [4.69, 9.17) is 4.74 Å². The minimum Gasteiger partial charge on any atom is -1.00 e. The van der Waals surface area contributed by atoms with E-state index in [9.17, 15) is 0 Å². The molecule has 0 saturated carbocycles. The van der Waals surface area contributed by atoms with Gasteiger partial charge in [-0.05, 0) is 12.8 Å². The molecule has 0 saturated heterocycles. The predicted octanol–water partition coefficient (Wildman–Crippen LogP) is -2.26. The van der Waals surface area contributed by atoms with E-state index in [1.54, 1.807) is 0 Å². The number of allylic oxidation sites excluding steroid dienone is 2.